The first-order valence-electron chi connectivity index (χ1n) is 14.8. The molecule has 4 rings (SSSR count). The highest BCUT2D eigenvalue weighted by Gasteiger charge is 2.37. The number of piperazine rings is 1. The zero-order valence-electron chi connectivity index (χ0n) is 27.1. The quantitative estimate of drug-likeness (QED) is 0.233. The summed E-state index contributed by atoms with van der Waals surface area (Å²) in [4.78, 5) is 30.2. The van der Waals surface area contributed by atoms with Crippen LogP contribution in [0.1, 0.15) is 52.7 Å². The minimum atomic E-state index is -2.02. The predicted octanol–water partition coefficient (Wildman–Crippen LogP) is 8.53. The van der Waals surface area contributed by atoms with Crippen LogP contribution in [0, 0.1) is 6.92 Å². The molecule has 3 heterocycles. The van der Waals surface area contributed by atoms with Gasteiger partial charge < -0.3 is 23.7 Å². The van der Waals surface area contributed by atoms with E-state index in [0.29, 0.717) is 66.1 Å². The van der Waals surface area contributed by atoms with Gasteiger partial charge in [0.25, 0.3) is 0 Å². The average Bonchev–Trinajstić information content (AvgIpc) is 2.92. The van der Waals surface area contributed by atoms with Gasteiger partial charge in [-0.2, -0.15) is 0 Å². The summed E-state index contributed by atoms with van der Waals surface area (Å²) in [6.45, 7) is 21.4. The minimum Gasteiger partial charge on any atom is -0.444 e. The highest BCUT2D eigenvalue weighted by atomic mass is 35.5. The molecule has 0 spiro atoms. The van der Waals surface area contributed by atoms with Crippen molar-refractivity contribution in [3.63, 3.8) is 0 Å². The molecule has 1 aromatic carbocycles. The van der Waals surface area contributed by atoms with Crippen molar-refractivity contribution in [3.8, 4) is 23.0 Å². The van der Waals surface area contributed by atoms with Gasteiger partial charge in [0.2, 0.25) is 11.8 Å². The number of amides is 1. The molecule has 0 aliphatic carbocycles. The van der Waals surface area contributed by atoms with Gasteiger partial charge in [-0.05, 0) is 75.7 Å². The fourth-order valence-corrected chi connectivity index (χ4v) is 5.75. The van der Waals surface area contributed by atoms with E-state index in [4.69, 9.17) is 42.1 Å². The van der Waals surface area contributed by atoms with Crippen LogP contribution in [0.2, 0.25) is 28.2 Å². The second-order valence-corrected chi connectivity index (χ2v) is 19.3. The van der Waals surface area contributed by atoms with Gasteiger partial charge in [-0.15, -0.1) is 0 Å². The third-order valence-corrected chi connectivity index (χ3v) is 12.9. The van der Waals surface area contributed by atoms with Crippen LogP contribution in [0.4, 0.5) is 10.6 Å². The number of aromatic nitrogens is 3. The van der Waals surface area contributed by atoms with Crippen molar-refractivity contribution in [1.82, 2.24) is 19.9 Å². The number of hydrogen-bond donors (Lipinski definition) is 0. The number of halogens is 2. The zero-order valence-corrected chi connectivity index (χ0v) is 29.6. The number of nitrogens with zero attached hydrogens (tertiary/aromatic N) is 5. The summed E-state index contributed by atoms with van der Waals surface area (Å²) in [6.07, 6.45) is 2.97. The van der Waals surface area contributed by atoms with Crippen molar-refractivity contribution in [1.29, 1.82) is 0 Å². The lowest BCUT2D eigenvalue weighted by Crippen LogP contribution is -2.50. The average molecular weight is 661 g/mol. The van der Waals surface area contributed by atoms with E-state index in [9.17, 15) is 4.79 Å². The molecule has 1 aliphatic rings. The fraction of sp³-hybridized carbons (Fsp3) is 0.500. The van der Waals surface area contributed by atoms with E-state index >= 15 is 0 Å². The standard InChI is InChI=1S/C32H43Cl2N5O4Si/c1-21-23(20-41-44(8,9)32(5,6)7)16-26(22-14-24(33)17-25(34)15-22)37-29(21)42-28-19-35-27(18-36-28)38-10-12-39(13-11-38)30(40)43-31(2,3)4/h14-19H,10-13,20H2,1-9H3. The van der Waals surface area contributed by atoms with Crippen molar-refractivity contribution in [2.24, 2.45) is 0 Å². The molecule has 12 heteroatoms. The number of carbonyl (C=O) groups excluding carboxylic acids is 1. The molecule has 0 N–H and O–H groups in total. The van der Waals surface area contributed by atoms with Gasteiger partial charge in [-0.3, -0.25) is 0 Å². The van der Waals surface area contributed by atoms with Gasteiger partial charge in [-0.25, -0.2) is 19.7 Å². The van der Waals surface area contributed by atoms with Gasteiger partial charge in [-0.1, -0.05) is 44.0 Å². The molecule has 0 bridgehead atoms. The number of carbonyl (C=O) groups is 1. The van der Waals surface area contributed by atoms with Crippen molar-refractivity contribution in [3.05, 3.63) is 57.8 Å². The molecule has 9 nitrogen and oxygen atoms in total. The molecule has 238 valence electrons. The number of rotatable bonds is 7. The van der Waals surface area contributed by atoms with E-state index in [1.54, 1.807) is 23.4 Å². The van der Waals surface area contributed by atoms with E-state index < -0.39 is 13.9 Å². The maximum Gasteiger partial charge on any atom is 0.410 e. The van der Waals surface area contributed by atoms with Crippen LogP contribution in [0.3, 0.4) is 0 Å². The summed E-state index contributed by atoms with van der Waals surface area (Å²) in [5.74, 6) is 1.42. The molecular formula is C32H43Cl2N5O4Si. The number of ether oxygens (including phenoxy) is 2. The Labute approximate surface area is 272 Å². The van der Waals surface area contributed by atoms with Crippen LogP contribution in [0.5, 0.6) is 11.8 Å². The molecule has 1 saturated heterocycles. The summed E-state index contributed by atoms with van der Waals surface area (Å²) >= 11 is 12.7. The number of pyridine rings is 1. The monoisotopic (exact) mass is 659 g/mol. The molecule has 1 fully saturated rings. The Bertz CT molecular complexity index is 1460. The Hall–Kier alpha value is -2.92. The largest absolute Gasteiger partial charge is 0.444 e. The van der Waals surface area contributed by atoms with Crippen LogP contribution in [-0.2, 0) is 15.8 Å². The normalized spacial score (nSPS) is 14.5. The lowest BCUT2D eigenvalue weighted by Gasteiger charge is -2.36. The Kier molecular flexibility index (Phi) is 10.2. The second kappa shape index (κ2) is 13.2. The maximum atomic E-state index is 12.4. The molecule has 2 aromatic heterocycles. The summed E-state index contributed by atoms with van der Waals surface area (Å²) in [7, 11) is -2.02. The first-order valence-corrected chi connectivity index (χ1v) is 18.4. The molecule has 0 atom stereocenters. The van der Waals surface area contributed by atoms with E-state index in [0.717, 1.165) is 16.7 Å². The molecule has 0 unspecified atom stereocenters. The predicted molar refractivity (Wildman–Crippen MR) is 179 cm³/mol. The molecule has 0 saturated carbocycles. The number of benzene rings is 1. The smallest absolute Gasteiger partial charge is 0.410 e. The number of anilines is 1. The summed E-state index contributed by atoms with van der Waals surface area (Å²) < 4.78 is 18.3. The number of hydrogen-bond acceptors (Lipinski definition) is 8. The van der Waals surface area contributed by atoms with Crippen molar-refractivity contribution in [2.75, 3.05) is 31.1 Å². The van der Waals surface area contributed by atoms with E-state index in [1.807, 2.05) is 45.9 Å². The first kappa shape index (κ1) is 34.0. The topological polar surface area (TPSA) is 89.9 Å². The van der Waals surface area contributed by atoms with E-state index in [1.165, 1.54) is 0 Å². The van der Waals surface area contributed by atoms with Gasteiger partial charge >= 0.3 is 6.09 Å². The molecule has 44 heavy (non-hydrogen) atoms. The van der Waals surface area contributed by atoms with Crippen LogP contribution in [0.15, 0.2) is 36.7 Å². The van der Waals surface area contributed by atoms with Gasteiger partial charge in [0.15, 0.2) is 8.32 Å². The molecule has 1 amide bonds. The highest BCUT2D eigenvalue weighted by molar-refractivity contribution is 6.74. The van der Waals surface area contributed by atoms with Crippen molar-refractivity contribution >= 4 is 43.4 Å². The van der Waals surface area contributed by atoms with Crippen LogP contribution in [-0.4, -0.2) is 66.0 Å². The third-order valence-electron chi connectivity index (χ3n) is 7.96. The van der Waals surface area contributed by atoms with Crippen LogP contribution >= 0.6 is 23.2 Å². The lowest BCUT2D eigenvalue weighted by molar-refractivity contribution is 0.0240. The van der Waals surface area contributed by atoms with Crippen LogP contribution in [0.25, 0.3) is 11.3 Å². The SMILES string of the molecule is Cc1c(CO[Si](C)(C)C(C)(C)C)cc(-c2cc(Cl)cc(Cl)c2)nc1Oc1cnc(N2CCN(C(=O)OC(C)(C)C)CC2)cn1. The Morgan fingerprint density at radius 3 is 2.11 bits per heavy atom. The maximum absolute atomic E-state index is 12.4. The Balaban J connectivity index is 1.54. The zero-order chi connectivity index (χ0) is 32.4. The molecular weight excluding hydrogens is 617 g/mol. The van der Waals surface area contributed by atoms with Gasteiger partial charge in [0.05, 0.1) is 24.7 Å². The summed E-state index contributed by atoms with van der Waals surface area (Å²) in [5.41, 5.74) is 2.72. The van der Waals surface area contributed by atoms with Crippen molar-refractivity contribution in [2.45, 2.75) is 78.8 Å². The van der Waals surface area contributed by atoms with Crippen LogP contribution < -0.4 is 9.64 Å². The van der Waals surface area contributed by atoms with E-state index in [-0.39, 0.29) is 11.1 Å². The summed E-state index contributed by atoms with van der Waals surface area (Å²) in [5, 5.41) is 1.10. The highest BCUT2D eigenvalue weighted by Crippen LogP contribution is 2.38. The third kappa shape index (κ3) is 8.62. The van der Waals surface area contributed by atoms with Gasteiger partial charge in [0, 0.05) is 47.4 Å². The second-order valence-electron chi connectivity index (χ2n) is 13.6. The molecule has 3 aromatic rings. The van der Waals surface area contributed by atoms with Crippen molar-refractivity contribution < 1.29 is 18.7 Å². The Morgan fingerprint density at radius 2 is 1.57 bits per heavy atom. The Morgan fingerprint density at radius 1 is 0.932 bits per heavy atom. The molecule has 0 radical (unpaired) electrons. The first-order chi connectivity index (χ1) is 20.4. The minimum absolute atomic E-state index is 0.0658. The summed E-state index contributed by atoms with van der Waals surface area (Å²) in [6, 6.07) is 7.34. The van der Waals surface area contributed by atoms with E-state index in [2.05, 4.69) is 48.7 Å². The fourth-order valence-electron chi connectivity index (χ4n) is 4.28. The lowest BCUT2D eigenvalue weighted by atomic mass is 10.1. The van der Waals surface area contributed by atoms with Gasteiger partial charge in [0.1, 0.15) is 11.4 Å². The molecule has 1 aliphatic heterocycles.